The van der Waals surface area contributed by atoms with Gasteiger partial charge < -0.3 is 0 Å². The van der Waals surface area contributed by atoms with Crippen molar-refractivity contribution in [2.45, 2.75) is 45.8 Å². The third-order valence-corrected chi connectivity index (χ3v) is 5.65. The fourth-order valence-corrected chi connectivity index (χ4v) is 4.71. The van der Waals surface area contributed by atoms with Crippen molar-refractivity contribution in [2.75, 3.05) is 4.93 Å². The topological polar surface area (TPSA) is 9.23 Å². The molecule has 0 atom stereocenters. The van der Waals surface area contributed by atoms with Crippen LogP contribution in [-0.4, -0.2) is 16.1 Å². The third kappa shape index (κ3) is 1.55. The van der Waals surface area contributed by atoms with Gasteiger partial charge in [-0.15, -0.1) is 0 Å². The molecule has 0 aromatic carbocycles. The molecule has 0 bridgehead atoms. The molecule has 0 saturated heterocycles. The van der Waals surface area contributed by atoms with Gasteiger partial charge in [0.25, 0.3) is 0 Å². The number of hydrogen-bond donors (Lipinski definition) is 0. The maximum atomic E-state index is 6.01. The molecule has 0 unspecified atom stereocenters. The van der Waals surface area contributed by atoms with E-state index in [9.17, 15) is 0 Å². The van der Waals surface area contributed by atoms with Crippen LogP contribution in [0.2, 0.25) is 0 Å². The number of hydrogen-bond acceptors (Lipinski definition) is 1. The average Bonchev–Trinajstić information content (AvgIpc) is 1.98. The van der Waals surface area contributed by atoms with E-state index in [1.54, 1.807) is 3.58 Å². The van der Waals surface area contributed by atoms with E-state index in [-0.39, 0.29) is 32.4 Å². The van der Waals surface area contributed by atoms with Gasteiger partial charge in [-0.1, -0.05) is 0 Å². The summed E-state index contributed by atoms with van der Waals surface area (Å²) in [7, 11) is 0. The second kappa shape index (κ2) is 2.98. The van der Waals surface area contributed by atoms with Crippen molar-refractivity contribution in [3.05, 3.63) is 9.15 Å². The van der Waals surface area contributed by atoms with Gasteiger partial charge in [0.05, 0.1) is 0 Å². The molecule has 1 nitrogen and oxygen atoms in total. The number of rotatable bonds is 1. The summed E-state index contributed by atoms with van der Waals surface area (Å²) in [5.41, 5.74) is 1.42. The fourth-order valence-electron chi connectivity index (χ4n) is 1.84. The summed E-state index contributed by atoms with van der Waals surface area (Å²) in [5.74, 6) is 0. The van der Waals surface area contributed by atoms with Crippen molar-refractivity contribution < 1.29 is 25.9 Å². The van der Waals surface area contributed by atoms with Gasteiger partial charge in [0.15, 0.2) is 0 Å². The Morgan fingerprint density at radius 2 is 1.58 bits per heavy atom. The molecule has 0 aromatic heterocycles. The van der Waals surface area contributed by atoms with Crippen molar-refractivity contribution in [1.29, 1.82) is 0 Å². The standard InChI is InChI=1S/C10H18IO/c1-7-8(11-6)10(4,5)12-9(7,2)3/h1-6H3/q-1. The molecule has 12 heavy (non-hydrogen) atoms. The molecule has 1 aliphatic rings. The molecule has 0 saturated carbocycles. The van der Waals surface area contributed by atoms with Crippen molar-refractivity contribution in [2.24, 2.45) is 0 Å². The minimum atomic E-state index is -0.0332. The van der Waals surface area contributed by atoms with Crippen LogP contribution >= 0.6 is 0 Å². The van der Waals surface area contributed by atoms with E-state index in [2.05, 4.69) is 39.5 Å². The van der Waals surface area contributed by atoms with Crippen LogP contribution < -0.4 is 21.2 Å². The van der Waals surface area contributed by atoms with Crippen molar-refractivity contribution in [3.63, 3.8) is 0 Å². The molecule has 0 aromatic rings. The van der Waals surface area contributed by atoms with Crippen molar-refractivity contribution in [3.8, 4) is 0 Å². The normalized spacial score (nSPS) is 26.8. The van der Waals surface area contributed by atoms with Gasteiger partial charge in [0, 0.05) is 0 Å². The first-order chi connectivity index (χ1) is 5.31. The van der Waals surface area contributed by atoms with Crippen LogP contribution in [0, 0.1) is 0 Å². The second-order valence-electron chi connectivity index (χ2n) is 4.25. The van der Waals surface area contributed by atoms with E-state index in [0.717, 1.165) is 0 Å². The Morgan fingerprint density at radius 1 is 1.08 bits per heavy atom. The number of ether oxygens (including phenoxy) is 1. The summed E-state index contributed by atoms with van der Waals surface area (Å²) < 4.78 is 7.58. The summed E-state index contributed by atoms with van der Waals surface area (Å²) in [6.07, 6.45) is 0. The number of alkyl halides is 1. The number of halogens is 1. The zero-order chi connectivity index (χ0) is 9.57. The van der Waals surface area contributed by atoms with Gasteiger partial charge in [-0.05, 0) is 0 Å². The molecule has 0 fully saturated rings. The van der Waals surface area contributed by atoms with E-state index in [0.29, 0.717) is 0 Å². The van der Waals surface area contributed by atoms with E-state index < -0.39 is 0 Å². The van der Waals surface area contributed by atoms with Gasteiger partial charge in [0.2, 0.25) is 0 Å². The third-order valence-electron chi connectivity index (χ3n) is 2.46. The predicted octanol–water partition coefficient (Wildman–Crippen LogP) is -0.433. The molecule has 0 spiro atoms. The Morgan fingerprint density at radius 3 is 1.75 bits per heavy atom. The van der Waals surface area contributed by atoms with Crippen LogP contribution in [0.15, 0.2) is 9.15 Å². The Kier molecular flexibility index (Phi) is 2.61. The first-order valence-corrected chi connectivity index (χ1v) is 7.46. The Hall–Kier alpha value is 0.430. The summed E-state index contributed by atoms with van der Waals surface area (Å²) in [6, 6.07) is 0. The van der Waals surface area contributed by atoms with E-state index in [1.807, 2.05) is 0 Å². The van der Waals surface area contributed by atoms with E-state index >= 15 is 0 Å². The Balaban J connectivity index is 3.10. The minimum absolute atomic E-state index is 0.00435. The Bertz CT molecular complexity index is 226. The van der Waals surface area contributed by atoms with Crippen molar-refractivity contribution in [1.82, 2.24) is 0 Å². The molecule has 1 aliphatic heterocycles. The second-order valence-corrected chi connectivity index (χ2v) is 6.41. The molecule has 0 N–H and O–H groups in total. The van der Waals surface area contributed by atoms with Crippen LogP contribution in [0.25, 0.3) is 0 Å². The van der Waals surface area contributed by atoms with Gasteiger partial charge in [-0.3, -0.25) is 0 Å². The van der Waals surface area contributed by atoms with E-state index in [1.165, 1.54) is 5.57 Å². The monoisotopic (exact) mass is 281 g/mol. The summed E-state index contributed by atoms with van der Waals surface area (Å²) in [4.78, 5) is 2.31. The van der Waals surface area contributed by atoms with Crippen LogP contribution in [0.5, 0.6) is 0 Å². The fraction of sp³-hybridized carbons (Fsp3) is 0.800. The van der Waals surface area contributed by atoms with E-state index in [4.69, 9.17) is 4.74 Å². The van der Waals surface area contributed by atoms with Crippen LogP contribution in [0.1, 0.15) is 34.6 Å². The quantitative estimate of drug-likeness (QED) is 0.468. The van der Waals surface area contributed by atoms with Gasteiger partial charge in [-0.25, -0.2) is 0 Å². The van der Waals surface area contributed by atoms with Crippen molar-refractivity contribution >= 4 is 0 Å². The molecule has 72 valence electrons. The molecular formula is C10H18IO-. The maximum absolute atomic E-state index is 6.01. The molecule has 0 radical (unpaired) electrons. The van der Waals surface area contributed by atoms with Crippen LogP contribution in [-0.2, 0) is 4.74 Å². The summed E-state index contributed by atoms with van der Waals surface area (Å²) in [5, 5.41) is 0. The van der Waals surface area contributed by atoms with Gasteiger partial charge >= 0.3 is 85.8 Å². The first kappa shape index (κ1) is 10.5. The molecule has 2 heteroatoms. The molecule has 0 aliphatic carbocycles. The first-order valence-electron chi connectivity index (χ1n) is 4.23. The van der Waals surface area contributed by atoms with Crippen LogP contribution in [0.3, 0.4) is 0 Å². The SMILES string of the molecule is C[I-]C1=C(C)C(C)(C)OC1(C)C. The summed E-state index contributed by atoms with van der Waals surface area (Å²) >= 11 is 0.169. The molecule has 1 rings (SSSR count). The molecule has 0 amide bonds. The zero-order valence-corrected chi connectivity index (χ0v) is 10.9. The molecular weight excluding hydrogens is 263 g/mol. The zero-order valence-electron chi connectivity index (χ0n) is 8.79. The average molecular weight is 281 g/mol. The predicted molar refractivity (Wildman–Crippen MR) is 47.9 cm³/mol. The van der Waals surface area contributed by atoms with Crippen LogP contribution in [0.4, 0.5) is 0 Å². The molecule has 1 heterocycles. The van der Waals surface area contributed by atoms with Gasteiger partial charge in [0.1, 0.15) is 0 Å². The van der Waals surface area contributed by atoms with Gasteiger partial charge in [-0.2, -0.15) is 0 Å². The summed E-state index contributed by atoms with van der Waals surface area (Å²) in [6.45, 7) is 10.9. The Labute approximate surface area is 85.8 Å².